The maximum atomic E-state index is 4.89. The Morgan fingerprint density at radius 3 is 2.46 bits per heavy atom. The Morgan fingerprint density at radius 2 is 1.54 bits per heavy atom. The molecule has 1 aliphatic carbocycles. The number of pyridine rings is 1. The smallest absolute Gasteiger partial charge is 0.137 e. The van der Waals surface area contributed by atoms with E-state index in [1.165, 1.54) is 44.1 Å². The van der Waals surface area contributed by atoms with Crippen molar-refractivity contribution >= 4 is 27.5 Å². The highest BCUT2D eigenvalue weighted by Crippen LogP contribution is 2.52. The van der Waals surface area contributed by atoms with E-state index in [4.69, 9.17) is 4.98 Å². The van der Waals surface area contributed by atoms with Gasteiger partial charge in [-0.3, -0.25) is 0 Å². The van der Waals surface area contributed by atoms with Gasteiger partial charge < -0.3 is 8.97 Å². The molecule has 0 N–H and O–H groups in total. The zero-order valence-electron chi connectivity index (χ0n) is 20.8. The summed E-state index contributed by atoms with van der Waals surface area (Å²) in [5.74, 6) is 0. The molecule has 8 rings (SSSR count). The number of nitrogens with zero attached hydrogens (tertiary/aromatic N) is 3. The molecule has 1 aliphatic rings. The standard InChI is InChI=1S/C34H25N3/c1-34(2)28-14-5-3-12-24(28)26-17-18-27-25-13-4-6-15-30(25)37(33(27)32(26)34)23-11-9-10-22(20-23)29-21-36-19-8-7-16-31(36)35-29/h3-21H,1-2H3. The van der Waals surface area contributed by atoms with Crippen LogP contribution in [0, 0.1) is 0 Å². The van der Waals surface area contributed by atoms with E-state index in [0.717, 1.165) is 22.6 Å². The number of imidazole rings is 1. The Bertz CT molecular complexity index is 1990. The number of para-hydroxylation sites is 1. The van der Waals surface area contributed by atoms with E-state index in [0.29, 0.717) is 0 Å². The van der Waals surface area contributed by atoms with E-state index in [9.17, 15) is 0 Å². The van der Waals surface area contributed by atoms with E-state index in [1.807, 2.05) is 24.4 Å². The SMILES string of the molecule is CC1(C)c2ccccc2-c2ccc3c4ccccc4n(-c4cccc(-c5cn6ccccc6n5)c4)c3c21. The summed E-state index contributed by atoms with van der Waals surface area (Å²) in [4.78, 5) is 4.89. The first-order chi connectivity index (χ1) is 18.1. The Morgan fingerprint density at radius 1 is 0.703 bits per heavy atom. The maximum absolute atomic E-state index is 4.89. The maximum Gasteiger partial charge on any atom is 0.137 e. The molecule has 3 heteroatoms. The largest absolute Gasteiger partial charge is 0.309 e. The molecule has 176 valence electrons. The fraction of sp³-hybridized carbons (Fsp3) is 0.0882. The summed E-state index contributed by atoms with van der Waals surface area (Å²) in [6, 6.07) is 37.2. The summed E-state index contributed by atoms with van der Waals surface area (Å²) < 4.78 is 4.55. The highest BCUT2D eigenvalue weighted by Gasteiger charge is 2.38. The first-order valence-corrected chi connectivity index (χ1v) is 12.8. The number of rotatable bonds is 2. The molecule has 4 aromatic carbocycles. The number of aromatic nitrogens is 3. The zero-order valence-corrected chi connectivity index (χ0v) is 20.8. The van der Waals surface area contributed by atoms with Gasteiger partial charge in [-0.1, -0.05) is 86.6 Å². The van der Waals surface area contributed by atoms with Crippen molar-refractivity contribution in [3.63, 3.8) is 0 Å². The second kappa shape index (κ2) is 7.21. The predicted molar refractivity (Wildman–Crippen MR) is 153 cm³/mol. The van der Waals surface area contributed by atoms with Crippen LogP contribution in [0.15, 0.2) is 116 Å². The molecule has 0 radical (unpaired) electrons. The normalized spacial score (nSPS) is 13.9. The molecule has 0 amide bonds. The van der Waals surface area contributed by atoms with Crippen LogP contribution >= 0.6 is 0 Å². The molecular weight excluding hydrogens is 450 g/mol. The molecule has 0 unspecified atom stereocenters. The van der Waals surface area contributed by atoms with Gasteiger partial charge in [0.1, 0.15) is 5.65 Å². The van der Waals surface area contributed by atoms with Crippen LogP contribution in [-0.2, 0) is 5.41 Å². The number of hydrogen-bond acceptors (Lipinski definition) is 1. The monoisotopic (exact) mass is 475 g/mol. The van der Waals surface area contributed by atoms with Crippen LogP contribution in [0.2, 0.25) is 0 Å². The van der Waals surface area contributed by atoms with E-state index in [2.05, 4.69) is 114 Å². The lowest BCUT2D eigenvalue weighted by Crippen LogP contribution is -2.16. The van der Waals surface area contributed by atoms with Crippen LogP contribution in [-0.4, -0.2) is 14.0 Å². The van der Waals surface area contributed by atoms with Crippen LogP contribution < -0.4 is 0 Å². The highest BCUT2D eigenvalue weighted by atomic mass is 15.0. The number of fused-ring (bicyclic) bond motifs is 8. The third kappa shape index (κ3) is 2.74. The molecule has 37 heavy (non-hydrogen) atoms. The van der Waals surface area contributed by atoms with Gasteiger partial charge in [0.25, 0.3) is 0 Å². The van der Waals surface area contributed by atoms with Crippen LogP contribution in [0.4, 0.5) is 0 Å². The summed E-state index contributed by atoms with van der Waals surface area (Å²) in [6.45, 7) is 4.73. The summed E-state index contributed by atoms with van der Waals surface area (Å²) in [5.41, 5.74) is 12.1. The third-order valence-corrected chi connectivity index (χ3v) is 8.12. The molecular formula is C34H25N3. The van der Waals surface area contributed by atoms with Gasteiger partial charge in [0.2, 0.25) is 0 Å². The lowest BCUT2D eigenvalue weighted by Gasteiger charge is -2.23. The van der Waals surface area contributed by atoms with Crippen molar-refractivity contribution in [2.24, 2.45) is 0 Å². The van der Waals surface area contributed by atoms with Gasteiger partial charge in [0, 0.05) is 39.8 Å². The number of hydrogen-bond donors (Lipinski definition) is 0. The van der Waals surface area contributed by atoms with Crippen molar-refractivity contribution < 1.29 is 0 Å². The molecule has 0 spiro atoms. The van der Waals surface area contributed by atoms with Gasteiger partial charge in [-0.05, 0) is 52.6 Å². The van der Waals surface area contributed by atoms with Gasteiger partial charge in [-0.2, -0.15) is 0 Å². The number of benzene rings is 4. The molecule has 3 aromatic heterocycles. The second-order valence-electron chi connectivity index (χ2n) is 10.6. The lowest BCUT2D eigenvalue weighted by molar-refractivity contribution is 0.664. The Kier molecular flexibility index (Phi) is 4.00. The summed E-state index contributed by atoms with van der Waals surface area (Å²) >= 11 is 0. The zero-order chi connectivity index (χ0) is 24.7. The first-order valence-electron chi connectivity index (χ1n) is 12.8. The first kappa shape index (κ1) is 20.6. The molecule has 0 saturated carbocycles. The summed E-state index contributed by atoms with van der Waals surface area (Å²) in [6.07, 6.45) is 4.16. The fourth-order valence-corrected chi connectivity index (χ4v) is 6.46. The topological polar surface area (TPSA) is 22.2 Å². The summed E-state index contributed by atoms with van der Waals surface area (Å²) in [5, 5.41) is 2.58. The van der Waals surface area contributed by atoms with Crippen molar-refractivity contribution in [1.82, 2.24) is 14.0 Å². The molecule has 3 nitrogen and oxygen atoms in total. The van der Waals surface area contributed by atoms with Gasteiger partial charge in [0.15, 0.2) is 0 Å². The molecule has 7 aromatic rings. The Balaban J connectivity index is 1.45. The molecule has 0 aliphatic heterocycles. The highest BCUT2D eigenvalue weighted by molar-refractivity contribution is 6.13. The summed E-state index contributed by atoms with van der Waals surface area (Å²) in [7, 11) is 0. The minimum Gasteiger partial charge on any atom is -0.309 e. The fourth-order valence-electron chi connectivity index (χ4n) is 6.46. The lowest BCUT2D eigenvalue weighted by atomic mass is 9.81. The van der Waals surface area contributed by atoms with Crippen molar-refractivity contribution in [3.8, 4) is 28.1 Å². The van der Waals surface area contributed by atoms with Gasteiger partial charge in [-0.25, -0.2) is 4.98 Å². The Hall–Kier alpha value is -4.63. The van der Waals surface area contributed by atoms with E-state index < -0.39 is 0 Å². The molecule has 3 heterocycles. The average Bonchev–Trinajstić information content (AvgIpc) is 3.58. The van der Waals surface area contributed by atoms with Crippen molar-refractivity contribution in [2.45, 2.75) is 19.3 Å². The van der Waals surface area contributed by atoms with E-state index in [1.54, 1.807) is 0 Å². The van der Waals surface area contributed by atoms with Crippen LogP contribution in [0.5, 0.6) is 0 Å². The van der Waals surface area contributed by atoms with Crippen molar-refractivity contribution in [2.75, 3.05) is 0 Å². The Labute approximate surface area is 215 Å². The molecule has 0 bridgehead atoms. The quantitative estimate of drug-likeness (QED) is 0.246. The van der Waals surface area contributed by atoms with Crippen LogP contribution in [0.25, 0.3) is 55.5 Å². The van der Waals surface area contributed by atoms with E-state index in [-0.39, 0.29) is 5.41 Å². The molecule has 0 saturated heterocycles. The minimum absolute atomic E-state index is 0.100. The third-order valence-electron chi connectivity index (χ3n) is 8.12. The van der Waals surface area contributed by atoms with Crippen LogP contribution in [0.3, 0.4) is 0 Å². The molecule has 0 fully saturated rings. The van der Waals surface area contributed by atoms with E-state index >= 15 is 0 Å². The van der Waals surface area contributed by atoms with Gasteiger partial charge >= 0.3 is 0 Å². The minimum atomic E-state index is -0.100. The second-order valence-corrected chi connectivity index (χ2v) is 10.6. The van der Waals surface area contributed by atoms with Gasteiger partial charge in [-0.15, -0.1) is 0 Å². The predicted octanol–water partition coefficient (Wildman–Crippen LogP) is 8.40. The van der Waals surface area contributed by atoms with Crippen molar-refractivity contribution in [3.05, 3.63) is 127 Å². The van der Waals surface area contributed by atoms with Gasteiger partial charge in [0.05, 0.1) is 16.7 Å². The van der Waals surface area contributed by atoms with Crippen LogP contribution in [0.1, 0.15) is 25.0 Å². The molecule has 0 atom stereocenters. The average molecular weight is 476 g/mol. The van der Waals surface area contributed by atoms with Crippen molar-refractivity contribution in [1.29, 1.82) is 0 Å².